The Morgan fingerprint density at radius 2 is 2.11 bits per heavy atom. The molecule has 28 heavy (non-hydrogen) atoms. The van der Waals surface area contributed by atoms with E-state index in [1.165, 1.54) is 12.5 Å². The highest BCUT2D eigenvalue weighted by Gasteiger charge is 2.46. The normalized spacial score (nSPS) is 23.3. The van der Waals surface area contributed by atoms with Crippen LogP contribution in [-0.4, -0.2) is 61.4 Å². The fourth-order valence-electron chi connectivity index (χ4n) is 3.37. The van der Waals surface area contributed by atoms with E-state index in [-0.39, 0.29) is 11.3 Å². The molecule has 1 saturated heterocycles. The summed E-state index contributed by atoms with van der Waals surface area (Å²) in [6, 6.07) is 1.46. The van der Waals surface area contributed by atoms with Gasteiger partial charge in [-0.3, -0.25) is 4.40 Å². The van der Waals surface area contributed by atoms with Crippen LogP contribution < -0.4 is 5.32 Å². The van der Waals surface area contributed by atoms with Crippen LogP contribution in [0.5, 0.6) is 0 Å². The summed E-state index contributed by atoms with van der Waals surface area (Å²) < 4.78 is 39.4. The number of anilines is 1. The van der Waals surface area contributed by atoms with Crippen LogP contribution in [0.15, 0.2) is 18.5 Å². The Kier molecular flexibility index (Phi) is 5.15. The molecule has 2 fully saturated rings. The summed E-state index contributed by atoms with van der Waals surface area (Å²) in [5.41, 5.74) is 0.447. The van der Waals surface area contributed by atoms with Crippen molar-refractivity contribution in [3.05, 3.63) is 24.2 Å². The van der Waals surface area contributed by atoms with Gasteiger partial charge in [-0.25, -0.2) is 19.6 Å². The van der Waals surface area contributed by atoms with Crippen molar-refractivity contribution in [3.8, 4) is 0 Å². The van der Waals surface area contributed by atoms with Gasteiger partial charge in [0.2, 0.25) is 5.95 Å². The molecular formula is C16H17F3N4O5. The van der Waals surface area contributed by atoms with Crippen molar-refractivity contribution < 1.29 is 37.7 Å². The van der Waals surface area contributed by atoms with Gasteiger partial charge >= 0.3 is 18.1 Å². The Hall–Kier alpha value is -2.89. The molecule has 1 saturated carbocycles. The van der Waals surface area contributed by atoms with Gasteiger partial charge in [-0.1, -0.05) is 0 Å². The third kappa shape index (κ3) is 4.16. The van der Waals surface area contributed by atoms with E-state index in [2.05, 4.69) is 15.3 Å². The number of aromatic carboxylic acids is 1. The first-order valence-electron chi connectivity index (χ1n) is 8.35. The van der Waals surface area contributed by atoms with Crippen LogP contribution in [0, 0.1) is 5.92 Å². The molecule has 1 aliphatic carbocycles. The van der Waals surface area contributed by atoms with Gasteiger partial charge in [0, 0.05) is 25.0 Å². The standard InChI is InChI=1S/C14H16N4O3.C2HF3O2/c19-12(20)10-5-11-15-3-4-18(11)13(17-10)16-8-14-2-1-9(6-14)7-21-14;3-2(4,5)1(6)7/h3-5,9H,1-2,6-8H2,(H,16,17)(H,19,20);(H,6,7). The van der Waals surface area contributed by atoms with Crippen molar-refractivity contribution in [2.45, 2.75) is 31.0 Å². The Balaban J connectivity index is 0.000000279. The molecule has 2 unspecified atom stereocenters. The van der Waals surface area contributed by atoms with Crippen LogP contribution >= 0.6 is 0 Å². The summed E-state index contributed by atoms with van der Waals surface area (Å²) in [4.78, 5) is 28.4. The first kappa shape index (κ1) is 19.9. The highest BCUT2D eigenvalue weighted by atomic mass is 19.4. The molecule has 2 aromatic heterocycles. The van der Waals surface area contributed by atoms with E-state index in [1.54, 1.807) is 16.8 Å². The van der Waals surface area contributed by atoms with Crippen LogP contribution in [-0.2, 0) is 9.53 Å². The van der Waals surface area contributed by atoms with Crippen molar-refractivity contribution in [3.63, 3.8) is 0 Å². The molecule has 2 atom stereocenters. The van der Waals surface area contributed by atoms with E-state index in [0.717, 1.165) is 19.4 Å². The molecule has 0 spiro atoms. The summed E-state index contributed by atoms with van der Waals surface area (Å²) in [6.45, 7) is 1.48. The fraction of sp³-hybridized carbons (Fsp3) is 0.500. The second-order valence-corrected chi connectivity index (χ2v) is 6.68. The minimum absolute atomic E-state index is 0.00895. The van der Waals surface area contributed by atoms with Crippen LogP contribution in [0.3, 0.4) is 0 Å². The molecule has 3 heterocycles. The van der Waals surface area contributed by atoms with Crippen LogP contribution in [0.2, 0.25) is 0 Å². The number of aromatic nitrogens is 3. The fourth-order valence-corrected chi connectivity index (χ4v) is 3.37. The molecule has 3 N–H and O–H groups in total. The minimum Gasteiger partial charge on any atom is -0.477 e. The summed E-state index contributed by atoms with van der Waals surface area (Å²) >= 11 is 0. The van der Waals surface area contributed by atoms with E-state index in [4.69, 9.17) is 19.7 Å². The zero-order valence-corrected chi connectivity index (χ0v) is 14.4. The molecule has 2 aromatic rings. The molecule has 4 rings (SSSR count). The summed E-state index contributed by atoms with van der Waals surface area (Å²) in [7, 11) is 0. The number of alkyl halides is 3. The molecule has 0 aromatic carbocycles. The summed E-state index contributed by atoms with van der Waals surface area (Å²) in [5.74, 6) is -2.64. The quantitative estimate of drug-likeness (QED) is 0.709. The number of halogens is 3. The first-order chi connectivity index (χ1) is 13.1. The molecule has 152 valence electrons. The number of aliphatic carboxylic acids is 1. The van der Waals surface area contributed by atoms with Gasteiger partial charge in [0.15, 0.2) is 5.69 Å². The van der Waals surface area contributed by atoms with Crippen molar-refractivity contribution in [1.82, 2.24) is 14.4 Å². The maximum atomic E-state index is 11.2. The Morgan fingerprint density at radius 3 is 2.61 bits per heavy atom. The summed E-state index contributed by atoms with van der Waals surface area (Å²) in [6.07, 6.45) is 1.65. The maximum absolute atomic E-state index is 11.2. The lowest BCUT2D eigenvalue weighted by Crippen LogP contribution is -2.35. The second-order valence-electron chi connectivity index (χ2n) is 6.68. The second kappa shape index (κ2) is 7.26. The number of nitrogens with zero attached hydrogens (tertiary/aromatic N) is 3. The largest absolute Gasteiger partial charge is 0.490 e. The molecule has 12 heteroatoms. The van der Waals surface area contributed by atoms with Crippen molar-refractivity contribution in [2.24, 2.45) is 5.92 Å². The highest BCUT2D eigenvalue weighted by Crippen LogP contribution is 2.44. The number of hydrogen-bond donors (Lipinski definition) is 3. The predicted molar refractivity (Wildman–Crippen MR) is 88.2 cm³/mol. The number of imidazole rings is 1. The molecule has 2 aliphatic rings. The molecule has 0 radical (unpaired) electrons. The number of ether oxygens (including phenoxy) is 1. The number of carboxylic acid groups (broad SMARTS) is 2. The Morgan fingerprint density at radius 1 is 1.39 bits per heavy atom. The van der Waals surface area contributed by atoms with Gasteiger partial charge in [-0.15, -0.1) is 0 Å². The monoisotopic (exact) mass is 402 g/mol. The number of carbonyl (C=O) groups is 2. The smallest absolute Gasteiger partial charge is 0.477 e. The van der Waals surface area contributed by atoms with E-state index in [0.29, 0.717) is 24.1 Å². The van der Waals surface area contributed by atoms with Crippen LogP contribution in [0.25, 0.3) is 5.65 Å². The van der Waals surface area contributed by atoms with Crippen molar-refractivity contribution >= 4 is 23.5 Å². The van der Waals surface area contributed by atoms with E-state index in [1.807, 2.05) is 0 Å². The molecular weight excluding hydrogens is 385 g/mol. The number of carboxylic acids is 2. The third-order valence-electron chi connectivity index (χ3n) is 4.71. The lowest BCUT2D eigenvalue weighted by molar-refractivity contribution is -0.192. The number of nitrogens with one attached hydrogen (secondary N) is 1. The maximum Gasteiger partial charge on any atom is 0.490 e. The van der Waals surface area contributed by atoms with Crippen molar-refractivity contribution in [2.75, 3.05) is 18.5 Å². The number of fused-ring (bicyclic) bond motifs is 3. The minimum atomic E-state index is -5.08. The van der Waals surface area contributed by atoms with Gasteiger partial charge in [0.25, 0.3) is 0 Å². The molecule has 9 nitrogen and oxygen atoms in total. The summed E-state index contributed by atoms with van der Waals surface area (Å²) in [5, 5.41) is 19.5. The third-order valence-corrected chi connectivity index (χ3v) is 4.71. The van der Waals surface area contributed by atoms with Crippen LogP contribution in [0.4, 0.5) is 19.1 Å². The van der Waals surface area contributed by atoms with Gasteiger partial charge in [-0.05, 0) is 25.2 Å². The van der Waals surface area contributed by atoms with Crippen LogP contribution in [0.1, 0.15) is 29.8 Å². The van der Waals surface area contributed by atoms with Gasteiger partial charge in [0.05, 0.1) is 12.2 Å². The molecule has 0 amide bonds. The van der Waals surface area contributed by atoms with Gasteiger partial charge < -0.3 is 20.3 Å². The predicted octanol–water partition coefficient (Wildman–Crippen LogP) is 2.04. The number of hydrogen-bond acceptors (Lipinski definition) is 6. The number of rotatable bonds is 4. The topological polar surface area (TPSA) is 126 Å². The lowest BCUT2D eigenvalue weighted by atomic mass is 10.0. The molecule has 2 bridgehead atoms. The average molecular weight is 402 g/mol. The zero-order chi connectivity index (χ0) is 20.5. The zero-order valence-electron chi connectivity index (χ0n) is 14.4. The van der Waals surface area contributed by atoms with E-state index < -0.39 is 18.1 Å². The SMILES string of the molecule is O=C(O)C(F)(F)F.O=C(O)c1cc2nccn2c(NCC23CCC(CO2)C3)n1. The Bertz CT molecular complexity index is 890. The van der Waals surface area contributed by atoms with Crippen molar-refractivity contribution in [1.29, 1.82) is 0 Å². The molecule has 1 aliphatic heterocycles. The Labute approximate surface area is 156 Å². The van der Waals surface area contributed by atoms with E-state index >= 15 is 0 Å². The first-order valence-corrected chi connectivity index (χ1v) is 8.35. The average Bonchev–Trinajstić information content (AvgIpc) is 3.34. The lowest BCUT2D eigenvalue weighted by Gasteiger charge is -2.27. The van der Waals surface area contributed by atoms with E-state index in [9.17, 15) is 18.0 Å². The highest BCUT2D eigenvalue weighted by molar-refractivity contribution is 5.87. The van der Waals surface area contributed by atoms with Gasteiger partial charge in [0.1, 0.15) is 5.65 Å². The van der Waals surface area contributed by atoms with Gasteiger partial charge in [-0.2, -0.15) is 13.2 Å².